The molecule has 2 fully saturated rings. The molecule has 3 nitrogen and oxygen atoms in total. The van der Waals surface area contributed by atoms with Gasteiger partial charge in [0, 0.05) is 11.1 Å². The number of phenols is 1. The number of hydrogen-bond acceptors (Lipinski definition) is 3. The second-order valence-electron chi connectivity index (χ2n) is 10.3. The van der Waals surface area contributed by atoms with E-state index in [0.717, 1.165) is 23.7 Å². The van der Waals surface area contributed by atoms with Crippen LogP contribution in [0.4, 0.5) is 0 Å². The van der Waals surface area contributed by atoms with Gasteiger partial charge in [0.25, 0.3) is 0 Å². The molecule has 0 aliphatic heterocycles. The molecule has 0 unspecified atom stereocenters. The Morgan fingerprint density at radius 2 is 1.97 bits per heavy atom. The van der Waals surface area contributed by atoms with Gasteiger partial charge in [0.1, 0.15) is 11.5 Å². The average molecular weight is 443 g/mol. The van der Waals surface area contributed by atoms with Crippen LogP contribution in [-0.2, 0) is 6.42 Å². The number of aryl methyl sites for hydroxylation is 1. The van der Waals surface area contributed by atoms with Crippen LogP contribution in [0.3, 0.4) is 0 Å². The van der Waals surface area contributed by atoms with Crippen LogP contribution in [0.25, 0.3) is 6.08 Å². The number of allylic oxidation sites excluding steroid dienone is 2. The third-order valence-corrected chi connectivity index (χ3v) is 8.69. The van der Waals surface area contributed by atoms with Gasteiger partial charge < -0.3 is 9.84 Å². The molecular weight excluding hydrogens is 408 g/mol. The Balaban J connectivity index is 1.39. The number of hydrogen-bond donors (Lipinski definition) is 1. The molecule has 3 aliphatic rings. The predicted molar refractivity (Wildman–Crippen MR) is 133 cm³/mol. The Hall–Kier alpha value is -2.81. The second-order valence-corrected chi connectivity index (χ2v) is 10.3. The van der Waals surface area contributed by atoms with Gasteiger partial charge >= 0.3 is 0 Å². The lowest BCUT2D eigenvalue weighted by Gasteiger charge is -2.49. The summed E-state index contributed by atoms with van der Waals surface area (Å²) < 4.78 is 5.45. The zero-order valence-corrected chi connectivity index (χ0v) is 19.8. The van der Waals surface area contributed by atoms with Crippen LogP contribution in [0.2, 0.25) is 0 Å². The van der Waals surface area contributed by atoms with Crippen LogP contribution in [0, 0.1) is 17.3 Å². The van der Waals surface area contributed by atoms with Crippen molar-refractivity contribution >= 4 is 11.9 Å². The van der Waals surface area contributed by atoms with E-state index >= 15 is 0 Å². The third kappa shape index (κ3) is 3.82. The van der Waals surface area contributed by atoms with E-state index < -0.39 is 0 Å². The van der Waals surface area contributed by atoms with E-state index in [1.807, 2.05) is 25.1 Å². The Morgan fingerprint density at radius 3 is 2.73 bits per heavy atom. The number of aromatic hydroxyl groups is 1. The van der Waals surface area contributed by atoms with Gasteiger partial charge in [-0.2, -0.15) is 0 Å². The van der Waals surface area contributed by atoms with Gasteiger partial charge in [-0.05, 0) is 128 Å². The van der Waals surface area contributed by atoms with Crippen LogP contribution < -0.4 is 4.74 Å². The standard InChI is InChI=1S/C30H34O3/c1-4-33-23-10-6-20(7-11-23)28(31)14-9-22-17-26-21(18-29(22)32)8-12-25-24(26)15-16-30(3)19(2)5-13-27(25)30/h6-7,9-11,14,17-18,24-25,27,32H,2,4-5,8,12-13,15-16H2,1,3H3/b14-9+/t24-,25+,27-,30+/m0/s1. The summed E-state index contributed by atoms with van der Waals surface area (Å²) in [6.07, 6.45) is 10.4. The number of carbonyl (C=O) groups is 1. The molecule has 0 saturated heterocycles. The zero-order valence-electron chi connectivity index (χ0n) is 19.8. The fourth-order valence-electron chi connectivity index (χ4n) is 6.81. The van der Waals surface area contributed by atoms with Gasteiger partial charge in [0.15, 0.2) is 5.78 Å². The number of phenolic OH excluding ortho intramolecular Hbond substituents is 1. The number of ether oxygens (including phenoxy) is 1. The minimum absolute atomic E-state index is 0.0778. The molecule has 5 rings (SSSR count). The minimum atomic E-state index is -0.0778. The lowest BCUT2D eigenvalue weighted by Crippen LogP contribution is -2.40. The molecule has 0 bridgehead atoms. The summed E-state index contributed by atoms with van der Waals surface area (Å²) in [5.41, 5.74) is 5.78. The highest BCUT2D eigenvalue weighted by molar-refractivity contribution is 6.07. The summed E-state index contributed by atoms with van der Waals surface area (Å²) in [4.78, 5) is 12.7. The highest BCUT2D eigenvalue weighted by atomic mass is 16.5. The van der Waals surface area contributed by atoms with Crippen LogP contribution in [0.1, 0.15) is 78.9 Å². The topological polar surface area (TPSA) is 46.5 Å². The number of rotatable bonds is 5. The Morgan fingerprint density at radius 1 is 1.18 bits per heavy atom. The van der Waals surface area contributed by atoms with E-state index in [1.165, 1.54) is 48.8 Å². The van der Waals surface area contributed by atoms with Gasteiger partial charge in [-0.15, -0.1) is 0 Å². The first-order chi connectivity index (χ1) is 15.9. The Bertz CT molecular complexity index is 1110. The summed E-state index contributed by atoms with van der Waals surface area (Å²) >= 11 is 0. The molecule has 4 atom stereocenters. The molecule has 0 radical (unpaired) electrons. The molecule has 3 heteroatoms. The fraction of sp³-hybridized carbons (Fsp3) is 0.433. The normalized spacial score (nSPS) is 28.3. The lowest BCUT2D eigenvalue weighted by molar-refractivity contribution is 0.0816. The number of ketones is 1. The summed E-state index contributed by atoms with van der Waals surface area (Å²) in [5, 5.41) is 10.7. The molecule has 2 aromatic carbocycles. The van der Waals surface area contributed by atoms with Crippen molar-refractivity contribution < 1.29 is 14.6 Å². The SMILES string of the molecule is C=C1CC[C@H]2[C@@H]3CCc4cc(O)c(/C=C/C(=O)c5ccc(OCC)cc5)cc4[C@H]3CC[C@]12C. The van der Waals surface area contributed by atoms with Crippen LogP contribution in [-0.4, -0.2) is 17.5 Å². The number of carbonyl (C=O) groups excluding carboxylic acids is 1. The number of fused-ring (bicyclic) bond motifs is 5. The molecule has 0 aromatic heterocycles. The molecule has 3 aliphatic carbocycles. The van der Waals surface area contributed by atoms with E-state index in [0.29, 0.717) is 29.4 Å². The third-order valence-electron chi connectivity index (χ3n) is 8.69. The lowest BCUT2D eigenvalue weighted by atomic mass is 9.55. The van der Waals surface area contributed by atoms with Crippen LogP contribution in [0.5, 0.6) is 11.5 Å². The molecule has 0 amide bonds. The highest BCUT2D eigenvalue weighted by Crippen LogP contribution is 2.62. The molecule has 2 aromatic rings. The van der Waals surface area contributed by atoms with Gasteiger partial charge in [-0.1, -0.05) is 19.1 Å². The first-order valence-electron chi connectivity index (χ1n) is 12.4. The van der Waals surface area contributed by atoms with Crippen molar-refractivity contribution in [1.82, 2.24) is 0 Å². The van der Waals surface area contributed by atoms with Gasteiger partial charge in [0.05, 0.1) is 6.61 Å². The monoisotopic (exact) mass is 442 g/mol. The maximum absolute atomic E-state index is 12.7. The van der Waals surface area contributed by atoms with Crippen LogP contribution in [0.15, 0.2) is 54.6 Å². The molecule has 1 N–H and O–H groups in total. The quantitative estimate of drug-likeness (QED) is 0.305. The maximum Gasteiger partial charge on any atom is 0.185 e. The van der Waals surface area contributed by atoms with E-state index in [2.05, 4.69) is 19.6 Å². The summed E-state index contributed by atoms with van der Waals surface area (Å²) in [7, 11) is 0. The maximum atomic E-state index is 12.7. The van der Waals surface area contributed by atoms with E-state index in [4.69, 9.17) is 4.74 Å². The van der Waals surface area contributed by atoms with Crippen molar-refractivity contribution in [3.05, 3.63) is 76.9 Å². The van der Waals surface area contributed by atoms with E-state index in [1.54, 1.807) is 24.3 Å². The minimum Gasteiger partial charge on any atom is -0.507 e. The molecule has 172 valence electrons. The van der Waals surface area contributed by atoms with Crippen molar-refractivity contribution in [3.8, 4) is 11.5 Å². The largest absolute Gasteiger partial charge is 0.507 e. The molecule has 0 spiro atoms. The first-order valence-corrected chi connectivity index (χ1v) is 12.4. The van der Waals surface area contributed by atoms with Crippen molar-refractivity contribution in [3.63, 3.8) is 0 Å². The molecule has 0 heterocycles. The summed E-state index contributed by atoms with van der Waals surface area (Å²) in [6.45, 7) is 9.39. The van der Waals surface area contributed by atoms with Crippen LogP contribution >= 0.6 is 0 Å². The molecular formula is C30H34O3. The highest BCUT2D eigenvalue weighted by Gasteiger charge is 2.51. The van der Waals surface area contributed by atoms with E-state index in [-0.39, 0.29) is 11.5 Å². The number of benzene rings is 2. The van der Waals surface area contributed by atoms with Crippen molar-refractivity contribution in [2.24, 2.45) is 17.3 Å². The van der Waals surface area contributed by atoms with Crippen molar-refractivity contribution in [2.45, 2.75) is 58.3 Å². The Kier molecular flexibility index (Phi) is 5.68. The average Bonchev–Trinajstić information content (AvgIpc) is 3.12. The smallest absolute Gasteiger partial charge is 0.185 e. The van der Waals surface area contributed by atoms with Gasteiger partial charge in [0.2, 0.25) is 0 Å². The first kappa shape index (κ1) is 22.0. The Labute approximate surface area is 197 Å². The van der Waals surface area contributed by atoms with Crippen molar-refractivity contribution in [1.29, 1.82) is 0 Å². The molecule has 33 heavy (non-hydrogen) atoms. The summed E-state index contributed by atoms with van der Waals surface area (Å²) in [5.74, 6) is 2.92. The van der Waals surface area contributed by atoms with Gasteiger partial charge in [-0.3, -0.25) is 4.79 Å². The fourth-order valence-corrected chi connectivity index (χ4v) is 6.81. The predicted octanol–water partition coefficient (Wildman–Crippen LogP) is 7.10. The molecule has 2 saturated carbocycles. The van der Waals surface area contributed by atoms with Crippen molar-refractivity contribution in [2.75, 3.05) is 6.61 Å². The van der Waals surface area contributed by atoms with Gasteiger partial charge in [-0.25, -0.2) is 0 Å². The summed E-state index contributed by atoms with van der Waals surface area (Å²) in [6, 6.07) is 11.3. The zero-order chi connectivity index (χ0) is 23.2. The van der Waals surface area contributed by atoms with E-state index in [9.17, 15) is 9.90 Å². The second kappa shape index (κ2) is 8.52.